The topological polar surface area (TPSA) is 58.4 Å². The number of nitrogens with two attached hydrogens (primary N) is 1. The van der Waals surface area contributed by atoms with E-state index in [1.165, 1.54) is 6.92 Å². The van der Waals surface area contributed by atoms with Crippen LogP contribution in [0.15, 0.2) is 0 Å². The van der Waals surface area contributed by atoms with E-state index in [1.807, 2.05) is 0 Å². The Morgan fingerprint density at radius 3 is 2.60 bits per heavy atom. The van der Waals surface area contributed by atoms with Gasteiger partial charge in [-0.1, -0.05) is 0 Å². The van der Waals surface area contributed by atoms with E-state index in [2.05, 4.69) is 5.32 Å². The van der Waals surface area contributed by atoms with Crippen molar-refractivity contribution in [3.05, 3.63) is 0 Å². The van der Waals surface area contributed by atoms with Crippen LogP contribution in [0.1, 0.15) is 6.92 Å². The number of nitrogens with one attached hydrogen (secondary N) is 1. The van der Waals surface area contributed by atoms with E-state index in [1.54, 1.807) is 19.0 Å². The molecule has 0 aliphatic carbocycles. The van der Waals surface area contributed by atoms with E-state index >= 15 is 0 Å². The summed E-state index contributed by atoms with van der Waals surface area (Å²) in [5.41, 5.74) is 5.51. The Kier molecular flexibility index (Phi) is 3.99. The molecule has 0 heterocycles. The van der Waals surface area contributed by atoms with Gasteiger partial charge in [-0.2, -0.15) is 0 Å². The molecule has 0 spiro atoms. The van der Waals surface area contributed by atoms with Crippen molar-refractivity contribution in [1.29, 1.82) is 0 Å². The molecule has 0 aromatic rings. The standard InChI is InChI=1S/C6H15N3O/c1-5(10)9(3)4-6(7)8-2/h6,8H,4,7H2,1-3H3. The van der Waals surface area contributed by atoms with Crippen LogP contribution in [0.25, 0.3) is 0 Å². The summed E-state index contributed by atoms with van der Waals surface area (Å²) in [5.74, 6) is 0.0331. The van der Waals surface area contributed by atoms with Gasteiger partial charge in [-0.3, -0.25) is 4.79 Å². The average molecular weight is 145 g/mol. The zero-order valence-corrected chi connectivity index (χ0v) is 6.72. The lowest BCUT2D eigenvalue weighted by Crippen LogP contribution is -2.45. The Bertz CT molecular complexity index is 116. The molecule has 0 aliphatic rings. The first-order chi connectivity index (χ1) is 4.57. The number of amides is 1. The third kappa shape index (κ3) is 3.42. The average Bonchev–Trinajstić information content (AvgIpc) is 1.87. The molecule has 0 bridgehead atoms. The van der Waals surface area contributed by atoms with Crippen molar-refractivity contribution in [2.24, 2.45) is 5.73 Å². The first kappa shape index (κ1) is 9.39. The molecule has 1 unspecified atom stereocenters. The van der Waals surface area contributed by atoms with E-state index in [4.69, 9.17) is 5.73 Å². The third-order valence-electron chi connectivity index (χ3n) is 1.38. The minimum atomic E-state index is -0.131. The molecule has 0 aliphatic heterocycles. The molecule has 1 amide bonds. The molecule has 3 N–H and O–H groups in total. The molecule has 0 aromatic carbocycles. The van der Waals surface area contributed by atoms with Gasteiger partial charge in [-0.25, -0.2) is 0 Å². The zero-order chi connectivity index (χ0) is 8.15. The number of carbonyl (C=O) groups is 1. The normalized spacial score (nSPS) is 12.8. The van der Waals surface area contributed by atoms with Crippen molar-refractivity contribution in [2.45, 2.75) is 13.1 Å². The number of likely N-dealkylation sites (N-methyl/N-ethyl adjacent to an activating group) is 2. The Labute approximate surface area is 61.4 Å². The van der Waals surface area contributed by atoms with Gasteiger partial charge in [0.2, 0.25) is 5.91 Å². The first-order valence-electron chi connectivity index (χ1n) is 3.22. The van der Waals surface area contributed by atoms with E-state index in [0.29, 0.717) is 6.54 Å². The van der Waals surface area contributed by atoms with Gasteiger partial charge in [0.05, 0.1) is 6.17 Å². The molecule has 60 valence electrons. The van der Waals surface area contributed by atoms with Gasteiger partial charge < -0.3 is 16.0 Å². The van der Waals surface area contributed by atoms with Crippen molar-refractivity contribution in [1.82, 2.24) is 10.2 Å². The molecule has 1 atom stereocenters. The fraction of sp³-hybridized carbons (Fsp3) is 0.833. The number of carbonyl (C=O) groups excluding carboxylic acids is 1. The Hall–Kier alpha value is -0.610. The smallest absolute Gasteiger partial charge is 0.219 e. The molecular weight excluding hydrogens is 130 g/mol. The highest BCUT2D eigenvalue weighted by Crippen LogP contribution is 1.83. The van der Waals surface area contributed by atoms with Crippen LogP contribution in [-0.4, -0.2) is 37.6 Å². The van der Waals surface area contributed by atoms with Gasteiger partial charge in [0, 0.05) is 20.5 Å². The number of hydrogen-bond acceptors (Lipinski definition) is 3. The first-order valence-corrected chi connectivity index (χ1v) is 3.22. The Morgan fingerprint density at radius 1 is 1.80 bits per heavy atom. The highest BCUT2D eigenvalue weighted by molar-refractivity contribution is 5.72. The summed E-state index contributed by atoms with van der Waals surface area (Å²) in [6.45, 7) is 2.06. The maximum absolute atomic E-state index is 10.6. The van der Waals surface area contributed by atoms with Gasteiger partial charge in [0.1, 0.15) is 0 Å². The lowest BCUT2D eigenvalue weighted by molar-refractivity contribution is -0.127. The molecular formula is C6H15N3O. The van der Waals surface area contributed by atoms with E-state index in [-0.39, 0.29) is 12.1 Å². The summed E-state index contributed by atoms with van der Waals surface area (Å²) < 4.78 is 0. The maximum Gasteiger partial charge on any atom is 0.219 e. The van der Waals surface area contributed by atoms with E-state index in [0.717, 1.165) is 0 Å². The number of hydrogen-bond donors (Lipinski definition) is 2. The largest absolute Gasteiger partial charge is 0.343 e. The minimum absolute atomic E-state index is 0.0331. The molecule has 4 heteroatoms. The summed E-state index contributed by atoms with van der Waals surface area (Å²) >= 11 is 0. The molecule has 0 radical (unpaired) electrons. The van der Waals surface area contributed by atoms with Crippen LogP contribution in [0, 0.1) is 0 Å². The van der Waals surface area contributed by atoms with Gasteiger partial charge in [-0.05, 0) is 7.05 Å². The van der Waals surface area contributed by atoms with Gasteiger partial charge in [-0.15, -0.1) is 0 Å². The maximum atomic E-state index is 10.6. The summed E-state index contributed by atoms with van der Waals surface area (Å²) in [5, 5.41) is 2.83. The van der Waals surface area contributed by atoms with Crippen molar-refractivity contribution < 1.29 is 4.79 Å². The predicted octanol–water partition coefficient (Wildman–Crippen LogP) is -1.03. The number of rotatable bonds is 3. The summed E-state index contributed by atoms with van der Waals surface area (Å²) in [6.07, 6.45) is -0.131. The second-order valence-corrected chi connectivity index (χ2v) is 2.29. The molecule has 0 fully saturated rings. The van der Waals surface area contributed by atoms with E-state index < -0.39 is 0 Å². The quantitative estimate of drug-likeness (QED) is 0.499. The zero-order valence-electron chi connectivity index (χ0n) is 6.72. The van der Waals surface area contributed by atoms with Gasteiger partial charge in [0.15, 0.2) is 0 Å². The number of nitrogens with zero attached hydrogens (tertiary/aromatic N) is 1. The molecule has 10 heavy (non-hydrogen) atoms. The van der Waals surface area contributed by atoms with Crippen LogP contribution < -0.4 is 11.1 Å². The third-order valence-corrected chi connectivity index (χ3v) is 1.38. The second kappa shape index (κ2) is 4.24. The molecule has 0 saturated heterocycles. The minimum Gasteiger partial charge on any atom is -0.343 e. The monoisotopic (exact) mass is 145 g/mol. The van der Waals surface area contributed by atoms with Crippen LogP contribution in [0.4, 0.5) is 0 Å². The summed E-state index contributed by atoms with van der Waals surface area (Å²) in [7, 11) is 3.48. The second-order valence-electron chi connectivity index (χ2n) is 2.29. The predicted molar refractivity (Wildman–Crippen MR) is 40.3 cm³/mol. The van der Waals surface area contributed by atoms with Crippen molar-refractivity contribution >= 4 is 5.91 Å². The molecule has 4 nitrogen and oxygen atoms in total. The van der Waals surface area contributed by atoms with Gasteiger partial charge in [0.25, 0.3) is 0 Å². The van der Waals surface area contributed by atoms with Crippen molar-refractivity contribution in [3.8, 4) is 0 Å². The molecule has 0 saturated carbocycles. The Morgan fingerprint density at radius 2 is 2.30 bits per heavy atom. The Balaban J connectivity index is 3.56. The summed E-state index contributed by atoms with van der Waals surface area (Å²) in [4.78, 5) is 12.2. The van der Waals surface area contributed by atoms with Crippen LogP contribution in [0.2, 0.25) is 0 Å². The highest BCUT2D eigenvalue weighted by atomic mass is 16.2. The fourth-order valence-electron chi connectivity index (χ4n) is 0.515. The van der Waals surface area contributed by atoms with Crippen molar-refractivity contribution in [2.75, 3.05) is 20.6 Å². The van der Waals surface area contributed by atoms with Gasteiger partial charge >= 0.3 is 0 Å². The van der Waals surface area contributed by atoms with Crippen molar-refractivity contribution in [3.63, 3.8) is 0 Å². The van der Waals surface area contributed by atoms with E-state index in [9.17, 15) is 4.79 Å². The molecule has 0 aromatic heterocycles. The highest BCUT2D eigenvalue weighted by Gasteiger charge is 2.05. The molecule has 0 rings (SSSR count). The van der Waals surface area contributed by atoms with Crippen LogP contribution >= 0.6 is 0 Å². The van der Waals surface area contributed by atoms with Crippen LogP contribution in [0.5, 0.6) is 0 Å². The van der Waals surface area contributed by atoms with Crippen LogP contribution in [0.3, 0.4) is 0 Å². The SMILES string of the molecule is CNC(N)CN(C)C(C)=O. The lowest BCUT2D eigenvalue weighted by Gasteiger charge is -2.19. The fourth-order valence-corrected chi connectivity index (χ4v) is 0.515. The lowest BCUT2D eigenvalue weighted by atomic mass is 10.4. The van der Waals surface area contributed by atoms with Crippen LogP contribution in [-0.2, 0) is 4.79 Å². The summed E-state index contributed by atoms with van der Waals surface area (Å²) in [6, 6.07) is 0.